The number of hydrogen-bond donors (Lipinski definition) is 1. The Morgan fingerprint density at radius 3 is 2.54 bits per heavy atom. The van der Waals surface area contributed by atoms with Crippen molar-refractivity contribution >= 4 is 17.3 Å². The molecular formula is C20H31N3S. The summed E-state index contributed by atoms with van der Waals surface area (Å²) in [4.78, 5) is 4.60. The average Bonchev–Trinajstić information content (AvgIpc) is 3.17. The van der Waals surface area contributed by atoms with Crippen molar-refractivity contribution < 1.29 is 0 Å². The maximum Gasteiger partial charge on any atom is 0.169 e. The van der Waals surface area contributed by atoms with Gasteiger partial charge < -0.3 is 15.1 Å². The summed E-state index contributed by atoms with van der Waals surface area (Å²) in [5.74, 6) is 1.81. The van der Waals surface area contributed by atoms with E-state index < -0.39 is 0 Å². The van der Waals surface area contributed by atoms with E-state index in [2.05, 4.69) is 59.5 Å². The number of hydrogen-bond acceptors (Lipinski definition) is 2. The van der Waals surface area contributed by atoms with Crippen LogP contribution in [0.25, 0.3) is 0 Å². The van der Waals surface area contributed by atoms with Crippen molar-refractivity contribution in [1.82, 2.24) is 15.1 Å². The Morgan fingerprint density at radius 1 is 1.12 bits per heavy atom. The largest absolute Gasteiger partial charge is 0.360 e. The highest BCUT2D eigenvalue weighted by molar-refractivity contribution is 7.80. The third-order valence-corrected chi connectivity index (χ3v) is 5.96. The molecule has 3 nitrogen and oxygen atoms in total. The van der Waals surface area contributed by atoms with E-state index in [9.17, 15) is 0 Å². The van der Waals surface area contributed by atoms with Gasteiger partial charge in [-0.05, 0) is 75.9 Å². The SMILES string of the molecule is CN(C)CCCN(Cc1ccccc1)C(=S)N[C@H]1C[C@@H]2CC[C@@H]1C2. The number of fused-ring (bicyclic) bond motifs is 2. The Labute approximate surface area is 152 Å². The van der Waals surface area contributed by atoms with Crippen LogP contribution in [0.15, 0.2) is 30.3 Å². The zero-order valence-electron chi connectivity index (χ0n) is 15.1. The average molecular weight is 346 g/mol. The van der Waals surface area contributed by atoms with Crippen molar-refractivity contribution in [3.8, 4) is 0 Å². The van der Waals surface area contributed by atoms with Gasteiger partial charge in [0, 0.05) is 19.1 Å². The topological polar surface area (TPSA) is 18.5 Å². The molecule has 0 aromatic heterocycles. The monoisotopic (exact) mass is 345 g/mol. The van der Waals surface area contributed by atoms with Gasteiger partial charge in [0.2, 0.25) is 0 Å². The lowest BCUT2D eigenvalue weighted by Gasteiger charge is -2.31. The van der Waals surface area contributed by atoms with Gasteiger partial charge in [0.25, 0.3) is 0 Å². The van der Waals surface area contributed by atoms with Crippen LogP contribution in [0.3, 0.4) is 0 Å². The summed E-state index contributed by atoms with van der Waals surface area (Å²) in [6.07, 6.45) is 6.70. The van der Waals surface area contributed by atoms with Crippen molar-refractivity contribution in [2.45, 2.75) is 44.7 Å². The molecule has 0 radical (unpaired) electrons. The predicted octanol–water partition coefficient (Wildman–Crippen LogP) is 3.50. The minimum Gasteiger partial charge on any atom is -0.360 e. The Morgan fingerprint density at radius 2 is 1.92 bits per heavy atom. The Hall–Kier alpha value is -1.13. The molecule has 132 valence electrons. The molecule has 0 saturated heterocycles. The second kappa shape index (κ2) is 8.30. The van der Waals surface area contributed by atoms with Crippen molar-refractivity contribution in [2.24, 2.45) is 11.8 Å². The maximum atomic E-state index is 5.81. The van der Waals surface area contributed by atoms with Crippen LogP contribution in [0.5, 0.6) is 0 Å². The van der Waals surface area contributed by atoms with E-state index in [4.69, 9.17) is 12.2 Å². The smallest absolute Gasteiger partial charge is 0.169 e. The summed E-state index contributed by atoms with van der Waals surface area (Å²) in [7, 11) is 4.26. The van der Waals surface area contributed by atoms with Crippen LogP contribution in [0, 0.1) is 11.8 Å². The number of benzene rings is 1. The van der Waals surface area contributed by atoms with E-state index in [-0.39, 0.29) is 0 Å². The summed E-state index contributed by atoms with van der Waals surface area (Å²) in [6.45, 7) is 3.02. The van der Waals surface area contributed by atoms with Crippen LogP contribution in [-0.4, -0.2) is 48.1 Å². The Balaban J connectivity index is 1.58. The Bertz CT molecular complexity index is 531. The molecule has 24 heavy (non-hydrogen) atoms. The first-order valence-corrected chi connectivity index (χ1v) is 9.76. The van der Waals surface area contributed by atoms with Crippen LogP contribution in [0.2, 0.25) is 0 Å². The first-order valence-electron chi connectivity index (χ1n) is 9.36. The molecule has 0 amide bonds. The molecule has 0 heterocycles. The highest BCUT2D eigenvalue weighted by atomic mass is 32.1. The van der Waals surface area contributed by atoms with Gasteiger partial charge in [0.15, 0.2) is 5.11 Å². The molecule has 4 heteroatoms. The van der Waals surface area contributed by atoms with Gasteiger partial charge >= 0.3 is 0 Å². The molecule has 0 unspecified atom stereocenters. The minimum atomic E-state index is 0.614. The van der Waals surface area contributed by atoms with Crippen LogP contribution in [0.1, 0.15) is 37.7 Å². The fraction of sp³-hybridized carbons (Fsp3) is 0.650. The standard InChI is InChI=1S/C20H31N3S/c1-22(2)11-6-12-23(15-16-7-4-3-5-8-16)20(24)21-19-14-17-9-10-18(19)13-17/h3-5,7-8,17-19H,6,9-15H2,1-2H3,(H,21,24)/t17-,18-,19+/m1/s1. The van der Waals surface area contributed by atoms with E-state index in [1.54, 1.807) is 0 Å². The van der Waals surface area contributed by atoms with E-state index in [1.807, 2.05) is 0 Å². The second-order valence-electron chi connectivity index (χ2n) is 7.79. The van der Waals surface area contributed by atoms with Gasteiger partial charge in [-0.3, -0.25) is 0 Å². The molecule has 2 aliphatic rings. The minimum absolute atomic E-state index is 0.614. The highest BCUT2D eigenvalue weighted by Gasteiger charge is 2.39. The maximum absolute atomic E-state index is 5.81. The molecule has 1 aromatic carbocycles. The van der Waals surface area contributed by atoms with Crippen molar-refractivity contribution in [3.05, 3.63) is 35.9 Å². The van der Waals surface area contributed by atoms with Gasteiger partial charge in [-0.15, -0.1) is 0 Å². The fourth-order valence-electron chi connectivity index (χ4n) is 4.31. The van der Waals surface area contributed by atoms with Gasteiger partial charge in [0.1, 0.15) is 0 Å². The molecule has 2 aliphatic carbocycles. The van der Waals surface area contributed by atoms with Gasteiger partial charge in [0.05, 0.1) is 0 Å². The van der Waals surface area contributed by atoms with Crippen LogP contribution >= 0.6 is 12.2 Å². The fourth-order valence-corrected chi connectivity index (χ4v) is 4.61. The molecule has 1 N–H and O–H groups in total. The normalized spacial score (nSPS) is 25.2. The predicted molar refractivity (Wildman–Crippen MR) is 105 cm³/mol. The van der Waals surface area contributed by atoms with Crippen LogP contribution < -0.4 is 5.32 Å². The van der Waals surface area contributed by atoms with Gasteiger partial charge in [-0.25, -0.2) is 0 Å². The molecule has 1 aromatic rings. The number of nitrogens with zero attached hydrogens (tertiary/aromatic N) is 2. The summed E-state index contributed by atoms with van der Waals surface area (Å²) in [5, 5.41) is 4.67. The van der Waals surface area contributed by atoms with Crippen molar-refractivity contribution in [1.29, 1.82) is 0 Å². The van der Waals surface area contributed by atoms with E-state index in [0.29, 0.717) is 6.04 Å². The number of nitrogens with one attached hydrogen (secondary N) is 1. The highest BCUT2D eigenvalue weighted by Crippen LogP contribution is 2.44. The zero-order chi connectivity index (χ0) is 16.9. The van der Waals surface area contributed by atoms with E-state index >= 15 is 0 Å². The summed E-state index contributed by atoms with van der Waals surface area (Å²) in [6, 6.07) is 11.3. The zero-order valence-corrected chi connectivity index (χ0v) is 15.9. The summed E-state index contributed by atoms with van der Waals surface area (Å²) >= 11 is 5.81. The molecule has 3 rings (SSSR count). The first kappa shape index (κ1) is 17.7. The van der Waals surface area contributed by atoms with Gasteiger partial charge in [-0.1, -0.05) is 36.8 Å². The molecule has 2 fully saturated rings. The lowest BCUT2D eigenvalue weighted by Crippen LogP contribution is -2.46. The van der Waals surface area contributed by atoms with Crippen LogP contribution in [0.4, 0.5) is 0 Å². The second-order valence-corrected chi connectivity index (χ2v) is 8.18. The van der Waals surface area contributed by atoms with Gasteiger partial charge in [-0.2, -0.15) is 0 Å². The third kappa shape index (κ3) is 4.70. The third-order valence-electron chi connectivity index (χ3n) is 5.58. The number of thiocarbonyl (C=S) groups is 1. The van der Waals surface area contributed by atoms with Crippen molar-refractivity contribution in [2.75, 3.05) is 27.2 Å². The summed E-state index contributed by atoms with van der Waals surface area (Å²) in [5.41, 5.74) is 1.33. The molecule has 0 aliphatic heterocycles. The molecule has 2 saturated carbocycles. The molecular weight excluding hydrogens is 314 g/mol. The molecule has 0 spiro atoms. The quantitative estimate of drug-likeness (QED) is 0.762. The van der Waals surface area contributed by atoms with Crippen molar-refractivity contribution in [3.63, 3.8) is 0 Å². The number of rotatable bonds is 7. The Kier molecular flexibility index (Phi) is 6.12. The first-order chi connectivity index (χ1) is 11.6. The van der Waals surface area contributed by atoms with E-state index in [1.165, 1.54) is 31.2 Å². The lowest BCUT2D eigenvalue weighted by atomic mass is 9.95. The lowest BCUT2D eigenvalue weighted by molar-refractivity contribution is 0.327. The van der Waals surface area contributed by atoms with E-state index in [0.717, 1.165) is 43.0 Å². The van der Waals surface area contributed by atoms with Crippen LogP contribution in [-0.2, 0) is 6.54 Å². The summed E-state index contributed by atoms with van der Waals surface area (Å²) < 4.78 is 0. The molecule has 2 bridgehead atoms. The molecule has 3 atom stereocenters.